The molecule has 0 spiro atoms. The van der Waals surface area contributed by atoms with Gasteiger partial charge in [0.2, 0.25) is 11.7 Å². The fourth-order valence-electron chi connectivity index (χ4n) is 3.33. The van der Waals surface area contributed by atoms with E-state index in [2.05, 4.69) is 5.32 Å². The molecule has 32 heavy (non-hydrogen) atoms. The number of ether oxygens (including phenoxy) is 4. The second-order valence-corrected chi connectivity index (χ2v) is 7.19. The van der Waals surface area contributed by atoms with Crippen molar-refractivity contribution in [1.82, 2.24) is 5.32 Å². The lowest BCUT2D eigenvalue weighted by molar-refractivity contribution is -0.121. The molecule has 3 rings (SSSR count). The average molecular weight is 436 g/mol. The molecule has 0 heterocycles. The van der Waals surface area contributed by atoms with Crippen LogP contribution in [0, 0.1) is 0 Å². The minimum atomic E-state index is -0.0293. The zero-order valence-corrected chi connectivity index (χ0v) is 18.7. The molecule has 0 saturated heterocycles. The molecule has 6 nitrogen and oxygen atoms in total. The maximum Gasteiger partial charge on any atom is 0.220 e. The predicted octanol–water partition coefficient (Wildman–Crippen LogP) is 4.54. The molecule has 3 aromatic rings. The lowest BCUT2D eigenvalue weighted by Crippen LogP contribution is -2.23. The topological polar surface area (TPSA) is 66.0 Å². The van der Waals surface area contributed by atoms with E-state index in [-0.39, 0.29) is 5.91 Å². The average Bonchev–Trinajstić information content (AvgIpc) is 2.85. The number of methoxy groups -OCH3 is 3. The number of carbonyl (C=O) groups is 1. The van der Waals surface area contributed by atoms with E-state index in [9.17, 15) is 4.79 Å². The number of carbonyl (C=O) groups excluding carboxylic acids is 1. The van der Waals surface area contributed by atoms with E-state index in [0.29, 0.717) is 43.2 Å². The number of hydrogen-bond donors (Lipinski definition) is 1. The molecule has 0 bridgehead atoms. The second-order valence-electron chi connectivity index (χ2n) is 7.19. The number of aryl methyl sites for hydroxylation is 1. The van der Waals surface area contributed by atoms with E-state index in [4.69, 9.17) is 18.9 Å². The van der Waals surface area contributed by atoms with Crippen molar-refractivity contribution in [2.24, 2.45) is 0 Å². The summed E-state index contributed by atoms with van der Waals surface area (Å²) in [7, 11) is 4.72. The molecule has 0 aromatic heterocycles. The second kappa shape index (κ2) is 11.6. The summed E-state index contributed by atoms with van der Waals surface area (Å²) in [6.07, 6.45) is 0.875. The van der Waals surface area contributed by atoms with Crippen LogP contribution in [0.2, 0.25) is 0 Å². The monoisotopic (exact) mass is 435 g/mol. The first-order valence-corrected chi connectivity index (χ1v) is 10.4. The first-order chi connectivity index (χ1) is 15.6. The minimum Gasteiger partial charge on any atom is -0.493 e. The van der Waals surface area contributed by atoms with Gasteiger partial charge in [-0.1, -0.05) is 48.5 Å². The Labute approximate surface area is 189 Å². The zero-order valence-electron chi connectivity index (χ0n) is 18.7. The van der Waals surface area contributed by atoms with Gasteiger partial charge in [0.1, 0.15) is 12.4 Å². The van der Waals surface area contributed by atoms with Crippen LogP contribution in [-0.2, 0) is 24.4 Å². The number of hydrogen-bond acceptors (Lipinski definition) is 5. The maximum absolute atomic E-state index is 12.4. The SMILES string of the molecule is COc1ccc(CCC(=O)NCc2ccc(COc3ccccc3)cc2)c(OC)c1OC. The van der Waals surface area contributed by atoms with Gasteiger partial charge in [0.25, 0.3) is 0 Å². The summed E-state index contributed by atoms with van der Waals surface area (Å²) in [6, 6.07) is 21.5. The standard InChI is InChI=1S/C26H29NO5/c1-29-23-15-13-21(25(30-2)26(23)31-3)14-16-24(28)27-17-19-9-11-20(12-10-19)18-32-22-7-5-4-6-8-22/h4-13,15H,14,16-18H2,1-3H3,(H,27,28). The van der Waals surface area contributed by atoms with Crippen LogP contribution in [0.4, 0.5) is 0 Å². The highest BCUT2D eigenvalue weighted by atomic mass is 16.5. The van der Waals surface area contributed by atoms with Gasteiger partial charge >= 0.3 is 0 Å². The molecular weight excluding hydrogens is 406 g/mol. The normalized spacial score (nSPS) is 10.3. The Morgan fingerprint density at radius 3 is 2.12 bits per heavy atom. The summed E-state index contributed by atoms with van der Waals surface area (Å²) >= 11 is 0. The van der Waals surface area contributed by atoms with Crippen molar-refractivity contribution < 1.29 is 23.7 Å². The van der Waals surface area contributed by atoms with Crippen LogP contribution in [-0.4, -0.2) is 27.2 Å². The molecule has 0 atom stereocenters. The van der Waals surface area contributed by atoms with E-state index in [0.717, 1.165) is 22.4 Å². The number of benzene rings is 3. The lowest BCUT2D eigenvalue weighted by Gasteiger charge is -2.15. The van der Waals surface area contributed by atoms with Crippen LogP contribution in [0.25, 0.3) is 0 Å². The first-order valence-electron chi connectivity index (χ1n) is 10.4. The number of rotatable bonds is 11. The smallest absolute Gasteiger partial charge is 0.220 e. The molecule has 6 heteroatoms. The fourth-order valence-corrected chi connectivity index (χ4v) is 3.33. The quantitative estimate of drug-likeness (QED) is 0.479. The molecule has 0 aliphatic heterocycles. The highest BCUT2D eigenvalue weighted by molar-refractivity contribution is 5.76. The Morgan fingerprint density at radius 2 is 1.47 bits per heavy atom. The molecule has 0 unspecified atom stereocenters. The summed E-state index contributed by atoms with van der Waals surface area (Å²) in [4.78, 5) is 12.4. The van der Waals surface area contributed by atoms with Crippen molar-refractivity contribution in [1.29, 1.82) is 0 Å². The molecule has 1 amide bonds. The Balaban J connectivity index is 1.48. The molecule has 0 saturated carbocycles. The number of amides is 1. The van der Waals surface area contributed by atoms with Crippen LogP contribution in [0.3, 0.4) is 0 Å². The van der Waals surface area contributed by atoms with Crippen molar-refractivity contribution in [3.8, 4) is 23.0 Å². The van der Waals surface area contributed by atoms with E-state index in [1.165, 1.54) is 0 Å². The van der Waals surface area contributed by atoms with Crippen molar-refractivity contribution in [3.05, 3.63) is 83.4 Å². The molecule has 0 radical (unpaired) electrons. The van der Waals surface area contributed by atoms with Crippen molar-refractivity contribution in [2.45, 2.75) is 26.0 Å². The Hall–Kier alpha value is -3.67. The van der Waals surface area contributed by atoms with Gasteiger partial charge < -0.3 is 24.3 Å². The maximum atomic E-state index is 12.4. The van der Waals surface area contributed by atoms with Gasteiger partial charge in [-0.25, -0.2) is 0 Å². The van der Waals surface area contributed by atoms with Crippen LogP contribution in [0.15, 0.2) is 66.7 Å². The summed E-state index contributed by atoms with van der Waals surface area (Å²) in [5.74, 6) is 2.53. The van der Waals surface area contributed by atoms with Gasteiger partial charge in [-0.05, 0) is 41.3 Å². The Bertz CT molecular complexity index is 1000. The number of nitrogens with one attached hydrogen (secondary N) is 1. The van der Waals surface area contributed by atoms with Crippen LogP contribution in [0.1, 0.15) is 23.1 Å². The van der Waals surface area contributed by atoms with Gasteiger partial charge in [-0.2, -0.15) is 0 Å². The van der Waals surface area contributed by atoms with Crippen LogP contribution >= 0.6 is 0 Å². The van der Waals surface area contributed by atoms with E-state index in [1.54, 1.807) is 21.3 Å². The largest absolute Gasteiger partial charge is 0.493 e. The highest BCUT2D eigenvalue weighted by Gasteiger charge is 2.16. The molecule has 168 valence electrons. The van der Waals surface area contributed by atoms with Crippen molar-refractivity contribution in [2.75, 3.05) is 21.3 Å². The lowest BCUT2D eigenvalue weighted by atomic mass is 10.1. The van der Waals surface area contributed by atoms with Gasteiger partial charge in [-0.3, -0.25) is 4.79 Å². The molecule has 3 aromatic carbocycles. The van der Waals surface area contributed by atoms with E-state index >= 15 is 0 Å². The summed E-state index contributed by atoms with van der Waals surface area (Å²) < 4.78 is 21.9. The molecular formula is C26H29NO5. The van der Waals surface area contributed by atoms with Gasteiger partial charge in [0, 0.05) is 13.0 Å². The predicted molar refractivity (Wildman–Crippen MR) is 123 cm³/mol. The van der Waals surface area contributed by atoms with E-state index < -0.39 is 0 Å². The molecule has 0 aliphatic rings. The third-order valence-corrected chi connectivity index (χ3v) is 5.07. The zero-order chi connectivity index (χ0) is 22.8. The molecule has 0 fully saturated rings. The van der Waals surface area contributed by atoms with E-state index in [1.807, 2.05) is 66.7 Å². The van der Waals surface area contributed by atoms with Gasteiger partial charge in [0.05, 0.1) is 21.3 Å². The van der Waals surface area contributed by atoms with Crippen molar-refractivity contribution in [3.63, 3.8) is 0 Å². The highest BCUT2D eigenvalue weighted by Crippen LogP contribution is 2.40. The summed E-state index contributed by atoms with van der Waals surface area (Å²) in [5, 5.41) is 2.97. The van der Waals surface area contributed by atoms with Gasteiger partial charge in [-0.15, -0.1) is 0 Å². The fraction of sp³-hybridized carbons (Fsp3) is 0.269. The third-order valence-electron chi connectivity index (χ3n) is 5.07. The van der Waals surface area contributed by atoms with Crippen LogP contribution in [0.5, 0.6) is 23.0 Å². The number of para-hydroxylation sites is 1. The minimum absolute atomic E-state index is 0.0293. The third kappa shape index (κ3) is 6.17. The molecule has 1 N–H and O–H groups in total. The van der Waals surface area contributed by atoms with Crippen LogP contribution < -0.4 is 24.3 Å². The first kappa shape index (κ1) is 23.0. The summed E-state index contributed by atoms with van der Waals surface area (Å²) in [5.41, 5.74) is 3.00. The Morgan fingerprint density at radius 1 is 0.781 bits per heavy atom. The van der Waals surface area contributed by atoms with Crippen molar-refractivity contribution >= 4 is 5.91 Å². The molecule has 0 aliphatic carbocycles. The van der Waals surface area contributed by atoms with Gasteiger partial charge in [0.15, 0.2) is 11.5 Å². The Kier molecular flexibility index (Phi) is 8.37. The summed E-state index contributed by atoms with van der Waals surface area (Å²) in [6.45, 7) is 0.978.